The molecule has 1 fully saturated rings. The number of likely N-dealkylation sites (tertiary alicyclic amines) is 1. The number of carbonyl (C=O) groups is 2. The molecule has 30 heavy (non-hydrogen) atoms. The Morgan fingerprint density at radius 2 is 1.77 bits per heavy atom. The first-order valence-corrected chi connectivity index (χ1v) is 10.7. The first-order valence-electron chi connectivity index (χ1n) is 9.96. The lowest BCUT2D eigenvalue weighted by molar-refractivity contribution is -0.121. The number of carbonyl (C=O) groups excluding carboxylic acids is 2. The summed E-state index contributed by atoms with van der Waals surface area (Å²) < 4.78 is 11.3. The number of hydrogen-bond acceptors (Lipinski definition) is 4. The molecule has 6 nitrogen and oxygen atoms in total. The largest absolute Gasteiger partial charge is 0.490 e. The summed E-state index contributed by atoms with van der Waals surface area (Å²) in [6.45, 7) is 2.16. The molecular formula is C22H22Cl2N2O4. The average molecular weight is 449 g/mol. The number of anilines is 1. The summed E-state index contributed by atoms with van der Waals surface area (Å²) in [6, 6.07) is 10.2. The minimum Gasteiger partial charge on any atom is -0.490 e. The maximum absolute atomic E-state index is 12.8. The molecule has 0 bridgehead atoms. The van der Waals surface area contributed by atoms with E-state index in [1.165, 1.54) is 0 Å². The Kier molecular flexibility index (Phi) is 6.35. The van der Waals surface area contributed by atoms with Crippen molar-refractivity contribution < 1.29 is 19.1 Å². The van der Waals surface area contributed by atoms with E-state index in [2.05, 4.69) is 5.32 Å². The smallest absolute Gasteiger partial charge is 0.253 e. The van der Waals surface area contributed by atoms with Crippen LogP contribution in [0.4, 0.5) is 5.69 Å². The second-order valence-corrected chi connectivity index (χ2v) is 8.23. The Morgan fingerprint density at radius 3 is 2.57 bits per heavy atom. The van der Waals surface area contributed by atoms with Gasteiger partial charge in [0.2, 0.25) is 5.91 Å². The summed E-state index contributed by atoms with van der Waals surface area (Å²) in [5.74, 6) is 0.756. The summed E-state index contributed by atoms with van der Waals surface area (Å²) in [6.07, 6.45) is 2.30. The van der Waals surface area contributed by atoms with Crippen molar-refractivity contribution in [2.75, 3.05) is 31.6 Å². The fourth-order valence-corrected chi connectivity index (χ4v) is 3.97. The topological polar surface area (TPSA) is 67.9 Å². The lowest BCUT2D eigenvalue weighted by Crippen LogP contribution is -2.43. The maximum Gasteiger partial charge on any atom is 0.253 e. The molecule has 158 valence electrons. The highest BCUT2D eigenvalue weighted by molar-refractivity contribution is 6.42. The molecule has 0 saturated carbocycles. The molecule has 4 rings (SSSR count). The van der Waals surface area contributed by atoms with Gasteiger partial charge in [0.25, 0.3) is 5.91 Å². The first kappa shape index (κ1) is 20.8. The van der Waals surface area contributed by atoms with Crippen LogP contribution >= 0.6 is 23.2 Å². The van der Waals surface area contributed by atoms with E-state index in [1.807, 2.05) is 0 Å². The van der Waals surface area contributed by atoms with E-state index in [4.69, 9.17) is 32.7 Å². The van der Waals surface area contributed by atoms with Gasteiger partial charge in [-0.1, -0.05) is 23.2 Å². The van der Waals surface area contributed by atoms with Gasteiger partial charge >= 0.3 is 0 Å². The van der Waals surface area contributed by atoms with Gasteiger partial charge in [0, 0.05) is 36.8 Å². The van der Waals surface area contributed by atoms with E-state index in [1.54, 1.807) is 41.3 Å². The number of ether oxygens (including phenoxy) is 2. The minimum absolute atomic E-state index is 0.115. The third-order valence-electron chi connectivity index (χ3n) is 5.26. The predicted octanol–water partition coefficient (Wildman–Crippen LogP) is 4.65. The molecule has 1 atom stereocenters. The van der Waals surface area contributed by atoms with Crippen molar-refractivity contribution in [3.8, 4) is 11.5 Å². The zero-order valence-corrected chi connectivity index (χ0v) is 17.8. The van der Waals surface area contributed by atoms with Gasteiger partial charge in [-0.3, -0.25) is 9.59 Å². The zero-order chi connectivity index (χ0) is 21.1. The van der Waals surface area contributed by atoms with Crippen molar-refractivity contribution in [1.29, 1.82) is 0 Å². The SMILES string of the molecule is O=C(Nc1ccc2c(c1)OCCCO2)C1CCCN(C(=O)c2ccc(Cl)c(Cl)c2)C1. The summed E-state index contributed by atoms with van der Waals surface area (Å²) in [4.78, 5) is 27.4. The van der Waals surface area contributed by atoms with Crippen LogP contribution in [0.5, 0.6) is 11.5 Å². The van der Waals surface area contributed by atoms with Crippen LogP contribution in [0.2, 0.25) is 10.0 Å². The molecule has 1 unspecified atom stereocenters. The molecule has 0 radical (unpaired) electrons. The third-order valence-corrected chi connectivity index (χ3v) is 6.00. The second kappa shape index (κ2) is 9.14. The fraction of sp³-hybridized carbons (Fsp3) is 0.364. The molecular weight excluding hydrogens is 427 g/mol. The van der Waals surface area contributed by atoms with Gasteiger partial charge in [0.05, 0.1) is 29.2 Å². The van der Waals surface area contributed by atoms with E-state index in [0.29, 0.717) is 59.1 Å². The Balaban J connectivity index is 1.41. The molecule has 0 spiro atoms. The van der Waals surface area contributed by atoms with Crippen LogP contribution < -0.4 is 14.8 Å². The normalized spacial score (nSPS) is 18.5. The molecule has 8 heteroatoms. The lowest BCUT2D eigenvalue weighted by Gasteiger charge is -2.32. The first-order chi connectivity index (χ1) is 14.5. The number of halogens is 2. The number of nitrogens with zero attached hydrogens (tertiary/aromatic N) is 1. The molecule has 1 N–H and O–H groups in total. The van der Waals surface area contributed by atoms with Crippen LogP contribution in [0.3, 0.4) is 0 Å². The number of nitrogens with one attached hydrogen (secondary N) is 1. The molecule has 2 aromatic rings. The van der Waals surface area contributed by atoms with Crippen molar-refractivity contribution in [3.63, 3.8) is 0 Å². The number of benzene rings is 2. The highest BCUT2D eigenvalue weighted by Crippen LogP contribution is 2.33. The Hall–Kier alpha value is -2.44. The molecule has 2 aliphatic rings. The fourth-order valence-electron chi connectivity index (χ4n) is 3.67. The van der Waals surface area contributed by atoms with Crippen molar-refractivity contribution >= 4 is 40.7 Å². The second-order valence-electron chi connectivity index (χ2n) is 7.42. The van der Waals surface area contributed by atoms with Crippen LogP contribution in [0.15, 0.2) is 36.4 Å². The molecule has 2 aromatic carbocycles. The molecule has 1 saturated heterocycles. The van der Waals surface area contributed by atoms with Gasteiger partial charge in [-0.25, -0.2) is 0 Å². The van der Waals surface area contributed by atoms with Gasteiger partial charge in [-0.05, 0) is 43.2 Å². The lowest BCUT2D eigenvalue weighted by atomic mass is 9.96. The van der Waals surface area contributed by atoms with Crippen LogP contribution in [0.1, 0.15) is 29.6 Å². The van der Waals surface area contributed by atoms with Gasteiger partial charge in [-0.15, -0.1) is 0 Å². The third kappa shape index (κ3) is 4.65. The standard InChI is InChI=1S/C22H22Cl2N2O4/c23-17-6-4-14(11-18(17)24)22(28)26-8-1-3-15(13-26)21(27)25-16-5-7-19-20(12-16)30-10-2-9-29-19/h4-7,11-12,15H,1-3,8-10,13H2,(H,25,27). The Labute approximate surface area is 185 Å². The molecule has 2 amide bonds. The number of fused-ring (bicyclic) bond motifs is 1. The predicted molar refractivity (Wildman–Crippen MR) is 116 cm³/mol. The molecule has 0 aromatic heterocycles. The van der Waals surface area contributed by atoms with Gasteiger partial charge in [0.1, 0.15) is 0 Å². The number of rotatable bonds is 3. The van der Waals surface area contributed by atoms with E-state index >= 15 is 0 Å². The van der Waals surface area contributed by atoms with Crippen molar-refractivity contribution in [2.45, 2.75) is 19.3 Å². The highest BCUT2D eigenvalue weighted by atomic mass is 35.5. The van der Waals surface area contributed by atoms with E-state index < -0.39 is 0 Å². The Morgan fingerprint density at radius 1 is 0.967 bits per heavy atom. The van der Waals surface area contributed by atoms with E-state index in [0.717, 1.165) is 19.3 Å². The summed E-state index contributed by atoms with van der Waals surface area (Å²) in [5.41, 5.74) is 1.12. The monoisotopic (exact) mass is 448 g/mol. The molecule has 2 aliphatic heterocycles. The Bertz CT molecular complexity index is 966. The highest BCUT2D eigenvalue weighted by Gasteiger charge is 2.29. The summed E-state index contributed by atoms with van der Waals surface area (Å²) in [7, 11) is 0. The van der Waals surface area contributed by atoms with Crippen molar-refractivity contribution in [3.05, 3.63) is 52.0 Å². The molecule has 2 heterocycles. The van der Waals surface area contributed by atoms with Crippen LogP contribution in [-0.4, -0.2) is 43.0 Å². The van der Waals surface area contributed by atoms with Gasteiger partial charge < -0.3 is 19.7 Å². The maximum atomic E-state index is 12.8. The van der Waals surface area contributed by atoms with Crippen LogP contribution in [-0.2, 0) is 4.79 Å². The summed E-state index contributed by atoms with van der Waals surface area (Å²) in [5, 5.41) is 3.69. The van der Waals surface area contributed by atoms with Crippen LogP contribution in [0.25, 0.3) is 0 Å². The molecule has 0 aliphatic carbocycles. The minimum atomic E-state index is -0.290. The van der Waals surface area contributed by atoms with E-state index in [-0.39, 0.29) is 17.7 Å². The number of hydrogen-bond donors (Lipinski definition) is 1. The van der Waals surface area contributed by atoms with Crippen molar-refractivity contribution in [1.82, 2.24) is 4.90 Å². The van der Waals surface area contributed by atoms with E-state index in [9.17, 15) is 9.59 Å². The number of piperidine rings is 1. The quantitative estimate of drug-likeness (QED) is 0.741. The van der Waals surface area contributed by atoms with Crippen molar-refractivity contribution in [2.24, 2.45) is 5.92 Å². The average Bonchev–Trinajstić information content (AvgIpc) is 3.00. The van der Waals surface area contributed by atoms with Gasteiger partial charge in [0.15, 0.2) is 11.5 Å². The summed E-state index contributed by atoms with van der Waals surface area (Å²) >= 11 is 12.0. The zero-order valence-electron chi connectivity index (χ0n) is 16.3. The van der Waals surface area contributed by atoms with Gasteiger partial charge in [-0.2, -0.15) is 0 Å². The van der Waals surface area contributed by atoms with Crippen LogP contribution in [0, 0.1) is 5.92 Å². The number of amides is 2.